The number of hydrogen-bond acceptors (Lipinski definition) is 2. The molecule has 2 rings (SSSR count). The van der Waals surface area contributed by atoms with E-state index in [1.54, 1.807) is 6.92 Å². The van der Waals surface area contributed by atoms with Crippen molar-refractivity contribution >= 4 is 5.91 Å². The van der Waals surface area contributed by atoms with Gasteiger partial charge in [0.2, 0.25) is 5.91 Å². The molecule has 2 unspecified atom stereocenters. The number of benzene rings is 1. The Morgan fingerprint density at radius 1 is 1.40 bits per heavy atom. The summed E-state index contributed by atoms with van der Waals surface area (Å²) >= 11 is 0. The third kappa shape index (κ3) is 2.49. The molecule has 1 saturated heterocycles. The summed E-state index contributed by atoms with van der Waals surface area (Å²) in [6.45, 7) is 2.06. The van der Waals surface area contributed by atoms with Gasteiger partial charge in [0.1, 0.15) is 5.82 Å². The van der Waals surface area contributed by atoms with Crippen LogP contribution in [0.1, 0.15) is 30.5 Å². The number of likely N-dealkylation sites (tertiary alicyclic amines) is 1. The molecule has 1 heterocycles. The first-order valence-corrected chi connectivity index (χ1v) is 6.17. The second-order valence-electron chi connectivity index (χ2n) is 4.73. The Labute approximate surface area is 113 Å². The van der Waals surface area contributed by atoms with Gasteiger partial charge in [-0.25, -0.2) is 4.39 Å². The number of nitrogens with two attached hydrogens (primary N) is 1. The molecule has 1 amide bonds. The molecule has 0 spiro atoms. The second-order valence-corrected chi connectivity index (χ2v) is 4.73. The molecular formula is C13H14F4N2O. The molecule has 0 saturated carbocycles. The lowest BCUT2D eigenvalue weighted by molar-refractivity contribution is -0.140. The summed E-state index contributed by atoms with van der Waals surface area (Å²) in [5, 5.41) is 0. The Kier molecular flexibility index (Phi) is 3.73. The zero-order chi connectivity index (χ0) is 15.1. The first-order valence-electron chi connectivity index (χ1n) is 6.17. The molecule has 20 heavy (non-hydrogen) atoms. The molecule has 1 aromatic carbocycles. The summed E-state index contributed by atoms with van der Waals surface area (Å²) in [4.78, 5) is 13.1. The second kappa shape index (κ2) is 5.05. The normalized spacial score (nSPS) is 23.5. The Balaban J connectivity index is 2.45. The van der Waals surface area contributed by atoms with E-state index in [2.05, 4.69) is 0 Å². The average Bonchev–Trinajstić information content (AvgIpc) is 2.62. The highest BCUT2D eigenvalue weighted by Gasteiger charge is 2.40. The number of rotatable bonds is 2. The first kappa shape index (κ1) is 14.8. The molecule has 2 atom stereocenters. The largest absolute Gasteiger partial charge is 0.419 e. The predicted octanol–water partition coefficient (Wildman–Crippen LogP) is 2.47. The number of alkyl halides is 3. The van der Waals surface area contributed by atoms with Gasteiger partial charge in [-0.15, -0.1) is 0 Å². The van der Waals surface area contributed by atoms with Crippen molar-refractivity contribution in [1.29, 1.82) is 0 Å². The summed E-state index contributed by atoms with van der Waals surface area (Å²) in [6.07, 6.45) is -4.69. The Morgan fingerprint density at radius 2 is 2.05 bits per heavy atom. The first-order chi connectivity index (χ1) is 9.25. The average molecular weight is 290 g/mol. The summed E-state index contributed by atoms with van der Waals surface area (Å²) in [7, 11) is 0. The minimum atomic E-state index is -4.77. The smallest absolute Gasteiger partial charge is 0.334 e. The quantitative estimate of drug-likeness (QED) is 0.850. The monoisotopic (exact) mass is 290 g/mol. The van der Waals surface area contributed by atoms with Crippen LogP contribution in [0.4, 0.5) is 17.6 Å². The summed E-state index contributed by atoms with van der Waals surface area (Å²) in [5.74, 6) is -1.54. The van der Waals surface area contributed by atoms with E-state index in [-0.39, 0.29) is 17.9 Å². The molecule has 0 aromatic heterocycles. The number of carbonyl (C=O) groups is 1. The van der Waals surface area contributed by atoms with Gasteiger partial charge in [0.05, 0.1) is 11.6 Å². The number of likely N-dealkylation sites (N-methyl/N-ethyl adjacent to an activating group) is 1. The Hall–Kier alpha value is -1.63. The van der Waals surface area contributed by atoms with Crippen molar-refractivity contribution in [3.05, 3.63) is 35.1 Å². The standard InChI is InChI=1S/C13H14F4N2O/c1-2-19-11(20)6-10(18)12(19)7-3-4-9(14)8(5-7)13(15,16)17/h3-5,10,12H,2,6,18H2,1H3. The highest BCUT2D eigenvalue weighted by molar-refractivity contribution is 5.80. The SMILES string of the molecule is CCN1C(=O)CC(N)C1c1ccc(F)c(C(F)(F)F)c1. The fourth-order valence-corrected chi connectivity index (χ4v) is 2.56. The van der Waals surface area contributed by atoms with Gasteiger partial charge in [0.25, 0.3) is 0 Å². The molecule has 1 aliphatic rings. The van der Waals surface area contributed by atoms with Crippen LogP contribution in [0.15, 0.2) is 18.2 Å². The van der Waals surface area contributed by atoms with Crippen LogP contribution in [-0.4, -0.2) is 23.4 Å². The molecule has 3 nitrogen and oxygen atoms in total. The van der Waals surface area contributed by atoms with Crippen LogP contribution in [-0.2, 0) is 11.0 Å². The summed E-state index contributed by atoms with van der Waals surface area (Å²) in [6, 6.07) is 1.52. The predicted molar refractivity (Wildman–Crippen MR) is 64.1 cm³/mol. The van der Waals surface area contributed by atoms with E-state index in [0.29, 0.717) is 6.54 Å². The van der Waals surface area contributed by atoms with E-state index in [4.69, 9.17) is 5.73 Å². The molecule has 0 radical (unpaired) electrons. The van der Waals surface area contributed by atoms with Crippen LogP contribution < -0.4 is 5.73 Å². The minimum absolute atomic E-state index is 0.0806. The maximum atomic E-state index is 13.3. The van der Waals surface area contributed by atoms with Crippen molar-refractivity contribution in [3.63, 3.8) is 0 Å². The third-order valence-electron chi connectivity index (χ3n) is 3.45. The molecule has 1 fully saturated rings. The van der Waals surface area contributed by atoms with Crippen molar-refractivity contribution in [2.45, 2.75) is 31.6 Å². The van der Waals surface area contributed by atoms with E-state index in [1.807, 2.05) is 0 Å². The number of hydrogen-bond donors (Lipinski definition) is 1. The zero-order valence-electron chi connectivity index (χ0n) is 10.7. The Morgan fingerprint density at radius 3 is 2.60 bits per heavy atom. The number of carbonyl (C=O) groups excluding carboxylic acids is 1. The van der Waals surface area contributed by atoms with E-state index in [9.17, 15) is 22.4 Å². The maximum Gasteiger partial charge on any atom is 0.419 e. The highest BCUT2D eigenvalue weighted by Crippen LogP contribution is 2.37. The van der Waals surface area contributed by atoms with E-state index in [0.717, 1.165) is 12.1 Å². The number of nitrogens with zero attached hydrogens (tertiary/aromatic N) is 1. The molecule has 110 valence electrons. The van der Waals surface area contributed by atoms with Gasteiger partial charge in [0, 0.05) is 19.0 Å². The summed E-state index contributed by atoms with van der Waals surface area (Å²) in [5.41, 5.74) is 4.70. The number of amides is 1. The van der Waals surface area contributed by atoms with Gasteiger partial charge in [-0.1, -0.05) is 6.07 Å². The fourth-order valence-electron chi connectivity index (χ4n) is 2.56. The molecular weight excluding hydrogens is 276 g/mol. The lowest BCUT2D eigenvalue weighted by Gasteiger charge is -2.26. The van der Waals surface area contributed by atoms with Crippen LogP contribution in [0.25, 0.3) is 0 Å². The van der Waals surface area contributed by atoms with Crippen LogP contribution in [0.3, 0.4) is 0 Å². The van der Waals surface area contributed by atoms with Gasteiger partial charge < -0.3 is 10.6 Å². The molecule has 7 heteroatoms. The molecule has 0 aliphatic carbocycles. The van der Waals surface area contributed by atoms with Crippen molar-refractivity contribution in [2.24, 2.45) is 5.73 Å². The van der Waals surface area contributed by atoms with Crippen molar-refractivity contribution < 1.29 is 22.4 Å². The lowest BCUT2D eigenvalue weighted by atomic mass is 9.98. The van der Waals surface area contributed by atoms with Crippen LogP contribution in [0.5, 0.6) is 0 Å². The molecule has 2 N–H and O–H groups in total. The lowest BCUT2D eigenvalue weighted by Crippen LogP contribution is -2.33. The minimum Gasteiger partial charge on any atom is -0.334 e. The van der Waals surface area contributed by atoms with Gasteiger partial charge in [0.15, 0.2) is 0 Å². The van der Waals surface area contributed by atoms with Gasteiger partial charge in [-0.3, -0.25) is 4.79 Å². The van der Waals surface area contributed by atoms with Crippen LogP contribution in [0, 0.1) is 5.82 Å². The van der Waals surface area contributed by atoms with Crippen molar-refractivity contribution in [2.75, 3.05) is 6.54 Å². The molecule has 1 aromatic rings. The third-order valence-corrected chi connectivity index (χ3v) is 3.45. The van der Waals surface area contributed by atoms with E-state index >= 15 is 0 Å². The molecule has 1 aliphatic heterocycles. The van der Waals surface area contributed by atoms with Crippen LogP contribution >= 0.6 is 0 Å². The van der Waals surface area contributed by atoms with E-state index in [1.165, 1.54) is 11.0 Å². The fraction of sp³-hybridized carbons (Fsp3) is 0.462. The van der Waals surface area contributed by atoms with Gasteiger partial charge >= 0.3 is 6.18 Å². The highest BCUT2D eigenvalue weighted by atomic mass is 19.4. The number of halogens is 4. The van der Waals surface area contributed by atoms with Crippen LogP contribution in [0.2, 0.25) is 0 Å². The topological polar surface area (TPSA) is 46.3 Å². The zero-order valence-corrected chi connectivity index (χ0v) is 10.7. The van der Waals surface area contributed by atoms with Crippen molar-refractivity contribution in [3.8, 4) is 0 Å². The Bertz CT molecular complexity index is 530. The van der Waals surface area contributed by atoms with Crippen molar-refractivity contribution in [1.82, 2.24) is 4.90 Å². The van der Waals surface area contributed by atoms with Gasteiger partial charge in [-0.2, -0.15) is 13.2 Å². The van der Waals surface area contributed by atoms with Gasteiger partial charge in [-0.05, 0) is 24.6 Å². The summed E-state index contributed by atoms with van der Waals surface area (Å²) < 4.78 is 51.4. The molecule has 0 bridgehead atoms. The van der Waals surface area contributed by atoms with E-state index < -0.39 is 29.6 Å². The maximum absolute atomic E-state index is 13.3.